The van der Waals surface area contributed by atoms with E-state index < -0.39 is 0 Å². The Hall–Kier alpha value is -0.850. The summed E-state index contributed by atoms with van der Waals surface area (Å²) in [5, 5.41) is 6.89. The van der Waals surface area contributed by atoms with E-state index in [0.717, 1.165) is 45.0 Å². The normalized spacial score (nSPS) is 38.3. The summed E-state index contributed by atoms with van der Waals surface area (Å²) in [6.45, 7) is 13.9. The van der Waals surface area contributed by atoms with Crippen LogP contribution in [0.3, 0.4) is 0 Å². The zero-order chi connectivity index (χ0) is 15.4. The van der Waals surface area contributed by atoms with E-state index >= 15 is 0 Å². The molecule has 4 fully saturated rings. The number of guanidine groups is 1. The Bertz CT molecular complexity index is 386. The Morgan fingerprint density at radius 3 is 2.68 bits per heavy atom. The lowest BCUT2D eigenvalue weighted by Gasteiger charge is -2.47. The summed E-state index contributed by atoms with van der Waals surface area (Å²) in [5.74, 6) is 0.928. The summed E-state index contributed by atoms with van der Waals surface area (Å²) in [4.78, 5) is 9.93. The van der Waals surface area contributed by atoms with Crippen LogP contribution in [0, 0.1) is 0 Å². The van der Waals surface area contributed by atoms with Crippen LogP contribution in [-0.4, -0.2) is 86.4 Å². The van der Waals surface area contributed by atoms with Gasteiger partial charge in [-0.3, -0.25) is 14.8 Å². The van der Waals surface area contributed by atoms with Crippen molar-refractivity contribution in [3.63, 3.8) is 0 Å². The zero-order valence-electron chi connectivity index (χ0n) is 14.1. The monoisotopic (exact) mass is 309 g/mol. The predicted molar refractivity (Wildman–Crippen MR) is 89.4 cm³/mol. The molecule has 0 aromatic heterocycles. The Labute approximate surface area is 134 Å². The molecule has 0 saturated carbocycles. The van der Waals surface area contributed by atoms with Crippen LogP contribution in [0.1, 0.15) is 26.7 Å². The number of hydrogen-bond donors (Lipinski definition) is 2. The summed E-state index contributed by atoms with van der Waals surface area (Å²) in [6.07, 6.45) is 2.27. The molecular weight excluding hydrogens is 278 g/mol. The maximum atomic E-state index is 5.83. The molecule has 6 heteroatoms. The van der Waals surface area contributed by atoms with Gasteiger partial charge in [0.15, 0.2) is 5.96 Å². The van der Waals surface area contributed by atoms with Gasteiger partial charge in [-0.05, 0) is 26.7 Å². The van der Waals surface area contributed by atoms with Crippen molar-refractivity contribution in [1.29, 1.82) is 0 Å². The average molecular weight is 309 g/mol. The van der Waals surface area contributed by atoms with Gasteiger partial charge in [-0.25, -0.2) is 0 Å². The summed E-state index contributed by atoms with van der Waals surface area (Å²) in [5.41, 5.74) is -0.0680. The van der Waals surface area contributed by atoms with E-state index in [0.29, 0.717) is 6.04 Å². The van der Waals surface area contributed by atoms with E-state index in [4.69, 9.17) is 9.73 Å². The van der Waals surface area contributed by atoms with Gasteiger partial charge in [0.2, 0.25) is 0 Å². The van der Waals surface area contributed by atoms with Crippen molar-refractivity contribution in [3.8, 4) is 0 Å². The highest BCUT2D eigenvalue weighted by molar-refractivity contribution is 5.79. The van der Waals surface area contributed by atoms with E-state index in [2.05, 4.69) is 34.3 Å². The lowest BCUT2D eigenvalue weighted by molar-refractivity contribution is 0.0153. The van der Waals surface area contributed by atoms with Gasteiger partial charge in [0.25, 0.3) is 0 Å². The van der Waals surface area contributed by atoms with Crippen LogP contribution in [0.25, 0.3) is 0 Å². The van der Waals surface area contributed by atoms with Gasteiger partial charge < -0.3 is 15.4 Å². The van der Waals surface area contributed by atoms with Gasteiger partial charge in [-0.2, -0.15) is 0 Å². The Morgan fingerprint density at radius 2 is 2.09 bits per heavy atom. The summed E-state index contributed by atoms with van der Waals surface area (Å²) >= 11 is 0. The van der Waals surface area contributed by atoms with Gasteiger partial charge in [0, 0.05) is 58.5 Å². The Balaban J connectivity index is 1.50. The first-order valence-electron chi connectivity index (χ1n) is 8.81. The molecule has 22 heavy (non-hydrogen) atoms. The molecule has 4 saturated heterocycles. The quantitative estimate of drug-likeness (QED) is 0.558. The number of ether oxygens (including phenoxy) is 1. The van der Waals surface area contributed by atoms with Crippen LogP contribution in [0.5, 0.6) is 0 Å². The van der Waals surface area contributed by atoms with Gasteiger partial charge >= 0.3 is 0 Å². The predicted octanol–water partition coefficient (Wildman–Crippen LogP) is 0.110. The molecular formula is C16H31N5O. The molecule has 4 heterocycles. The van der Waals surface area contributed by atoms with Crippen LogP contribution < -0.4 is 10.6 Å². The molecule has 4 rings (SSSR count). The van der Waals surface area contributed by atoms with Gasteiger partial charge in [-0.1, -0.05) is 0 Å². The van der Waals surface area contributed by atoms with Crippen LogP contribution in [0.2, 0.25) is 0 Å². The highest BCUT2D eigenvalue weighted by Gasteiger charge is 2.32. The lowest BCUT2D eigenvalue weighted by Crippen LogP contribution is -2.63. The maximum absolute atomic E-state index is 5.83. The van der Waals surface area contributed by atoms with Crippen molar-refractivity contribution in [2.24, 2.45) is 4.99 Å². The molecule has 0 spiro atoms. The van der Waals surface area contributed by atoms with E-state index in [1.165, 1.54) is 32.7 Å². The highest BCUT2D eigenvalue weighted by atomic mass is 16.5. The molecule has 4 aliphatic rings. The first-order valence-corrected chi connectivity index (χ1v) is 8.81. The molecule has 4 aliphatic heterocycles. The zero-order valence-corrected chi connectivity index (χ0v) is 14.1. The summed E-state index contributed by atoms with van der Waals surface area (Å²) < 4.78 is 5.83. The fourth-order valence-electron chi connectivity index (χ4n) is 3.68. The molecule has 0 amide bonds. The van der Waals surface area contributed by atoms with Crippen LogP contribution in [-0.2, 0) is 4.74 Å². The van der Waals surface area contributed by atoms with Crippen molar-refractivity contribution in [1.82, 2.24) is 20.4 Å². The van der Waals surface area contributed by atoms with Crippen LogP contribution in [0.15, 0.2) is 4.99 Å². The molecule has 2 unspecified atom stereocenters. The molecule has 0 aromatic rings. The number of fused-ring (bicyclic) bond motifs is 3. The third kappa shape index (κ3) is 3.91. The van der Waals surface area contributed by atoms with Gasteiger partial charge in [-0.15, -0.1) is 0 Å². The fourth-order valence-corrected chi connectivity index (χ4v) is 3.68. The molecule has 6 nitrogen and oxygen atoms in total. The minimum absolute atomic E-state index is 0.0680. The molecule has 2 bridgehead atoms. The van der Waals surface area contributed by atoms with Gasteiger partial charge in [0.1, 0.15) is 0 Å². The molecule has 0 aliphatic carbocycles. The van der Waals surface area contributed by atoms with Gasteiger partial charge in [0.05, 0.1) is 12.1 Å². The number of rotatable bonds is 5. The Morgan fingerprint density at radius 1 is 1.27 bits per heavy atom. The third-order valence-corrected chi connectivity index (χ3v) is 5.11. The number of nitrogens with zero attached hydrogens (tertiary/aromatic N) is 3. The summed E-state index contributed by atoms with van der Waals surface area (Å²) in [6, 6.07) is 0.615. The second kappa shape index (κ2) is 7.15. The molecule has 126 valence electrons. The molecule has 0 aromatic carbocycles. The van der Waals surface area contributed by atoms with Crippen molar-refractivity contribution in [2.75, 3.05) is 59.0 Å². The second-order valence-electron chi connectivity index (χ2n) is 6.97. The lowest BCUT2D eigenvalue weighted by atomic mass is 10.0. The maximum Gasteiger partial charge on any atom is 0.191 e. The van der Waals surface area contributed by atoms with E-state index in [1.807, 2.05) is 0 Å². The topological polar surface area (TPSA) is 52.1 Å². The first kappa shape index (κ1) is 16.0. The van der Waals surface area contributed by atoms with Crippen molar-refractivity contribution in [2.45, 2.75) is 38.3 Å². The largest absolute Gasteiger partial charge is 0.373 e. The standard InChI is InChI=1S/C16H31N5O/c1-3-17-15(19-13-16(2)5-4-10-22-16)18-11-14-12-20-6-8-21(14)9-7-20/h14H,3-13H2,1-2H3,(H2,17,18,19). The molecule has 0 radical (unpaired) electrons. The molecule has 2 N–H and O–H groups in total. The Kier molecular flexibility index (Phi) is 5.21. The number of hydrogen-bond acceptors (Lipinski definition) is 4. The van der Waals surface area contributed by atoms with Crippen molar-refractivity contribution >= 4 is 5.96 Å². The number of piperazine rings is 3. The second-order valence-corrected chi connectivity index (χ2v) is 6.97. The summed E-state index contributed by atoms with van der Waals surface area (Å²) in [7, 11) is 0. The first-order chi connectivity index (χ1) is 10.7. The number of nitrogens with one attached hydrogen (secondary N) is 2. The average Bonchev–Trinajstić information content (AvgIpc) is 2.98. The third-order valence-electron chi connectivity index (χ3n) is 5.11. The fraction of sp³-hybridized carbons (Fsp3) is 0.938. The van der Waals surface area contributed by atoms with E-state index in [9.17, 15) is 0 Å². The molecule has 2 atom stereocenters. The van der Waals surface area contributed by atoms with Crippen molar-refractivity contribution in [3.05, 3.63) is 0 Å². The SMILES string of the molecule is CCNC(=NCC1(C)CCCO1)NCC1CN2CCN1CC2. The minimum Gasteiger partial charge on any atom is -0.373 e. The van der Waals surface area contributed by atoms with E-state index in [1.54, 1.807) is 0 Å². The highest BCUT2D eigenvalue weighted by Crippen LogP contribution is 2.25. The van der Waals surface area contributed by atoms with Crippen LogP contribution >= 0.6 is 0 Å². The van der Waals surface area contributed by atoms with Crippen LogP contribution in [0.4, 0.5) is 0 Å². The van der Waals surface area contributed by atoms with Crippen molar-refractivity contribution < 1.29 is 4.74 Å². The number of aliphatic imine (C=N–C) groups is 1. The smallest absolute Gasteiger partial charge is 0.191 e. The minimum atomic E-state index is -0.0680. The van der Waals surface area contributed by atoms with E-state index in [-0.39, 0.29) is 5.60 Å².